The number of benzene rings is 1. The zero-order valence-corrected chi connectivity index (χ0v) is 18.9. The van der Waals surface area contributed by atoms with Crippen molar-refractivity contribution in [3.05, 3.63) is 50.7 Å². The number of fused-ring (bicyclic) bond motifs is 1. The lowest BCUT2D eigenvalue weighted by Gasteiger charge is -2.18. The van der Waals surface area contributed by atoms with Crippen LogP contribution in [-0.2, 0) is 13.1 Å². The van der Waals surface area contributed by atoms with E-state index in [1.54, 1.807) is 25.7 Å². The fourth-order valence-electron chi connectivity index (χ4n) is 3.43. The predicted molar refractivity (Wildman–Crippen MR) is 122 cm³/mol. The van der Waals surface area contributed by atoms with Gasteiger partial charge in [-0.25, -0.2) is 4.79 Å². The minimum absolute atomic E-state index is 0.249. The Kier molecular flexibility index (Phi) is 7.74. The molecule has 0 saturated carbocycles. The van der Waals surface area contributed by atoms with E-state index in [0.717, 1.165) is 5.56 Å². The van der Waals surface area contributed by atoms with Crippen LogP contribution in [0, 0.1) is 0 Å². The standard InChI is InChI=1S/C20H26N4O4.C2H6/c1-6-23-18-17(19(25)24(7-2)20(23)26)22(3)16(21-18)11-9-13-8-10-14(27-4)15(12-13)28-5;1-2/h8-12,16,21H,6-7H2,1-5H3;1-2H3/b11-9+;. The van der Waals surface area contributed by atoms with Crippen molar-refractivity contribution in [3.63, 3.8) is 0 Å². The lowest BCUT2D eigenvalue weighted by molar-refractivity contribution is 0.355. The van der Waals surface area contributed by atoms with Crippen LogP contribution in [-0.4, -0.2) is 36.6 Å². The van der Waals surface area contributed by atoms with Crippen molar-refractivity contribution in [2.75, 3.05) is 31.5 Å². The number of hydrogen-bond acceptors (Lipinski definition) is 6. The largest absolute Gasteiger partial charge is 0.493 e. The molecular formula is C22H32N4O4. The van der Waals surface area contributed by atoms with Gasteiger partial charge in [0.05, 0.1) is 14.2 Å². The number of hydrogen-bond donors (Lipinski definition) is 1. The number of rotatable bonds is 6. The van der Waals surface area contributed by atoms with Gasteiger partial charge < -0.3 is 19.7 Å². The molecule has 1 unspecified atom stereocenters. The smallest absolute Gasteiger partial charge is 0.332 e. The van der Waals surface area contributed by atoms with Crippen LogP contribution in [0.4, 0.5) is 11.5 Å². The zero-order chi connectivity index (χ0) is 22.4. The maximum atomic E-state index is 12.8. The quantitative estimate of drug-likeness (QED) is 0.780. The van der Waals surface area contributed by atoms with E-state index in [1.807, 2.05) is 63.1 Å². The van der Waals surface area contributed by atoms with Gasteiger partial charge in [-0.3, -0.25) is 13.9 Å². The van der Waals surface area contributed by atoms with Gasteiger partial charge in [-0.1, -0.05) is 26.0 Å². The third-order valence-corrected chi connectivity index (χ3v) is 4.97. The predicted octanol–water partition coefficient (Wildman–Crippen LogP) is 2.99. The van der Waals surface area contributed by atoms with Crippen molar-refractivity contribution in [3.8, 4) is 11.5 Å². The Hall–Kier alpha value is -3.16. The van der Waals surface area contributed by atoms with Gasteiger partial charge in [0.15, 0.2) is 11.5 Å². The van der Waals surface area contributed by atoms with Gasteiger partial charge in [0.1, 0.15) is 17.7 Å². The molecule has 0 bridgehead atoms. The molecule has 0 saturated heterocycles. The van der Waals surface area contributed by atoms with E-state index in [1.165, 1.54) is 4.57 Å². The summed E-state index contributed by atoms with van der Waals surface area (Å²) in [6.45, 7) is 8.51. The minimum atomic E-state index is -0.292. The second kappa shape index (κ2) is 10.0. The second-order valence-electron chi connectivity index (χ2n) is 6.45. The number of likely N-dealkylation sites (N-methyl/N-ethyl adjacent to an activating group) is 1. The van der Waals surface area contributed by atoms with Crippen LogP contribution in [0.25, 0.3) is 6.08 Å². The first-order chi connectivity index (χ1) is 14.5. The van der Waals surface area contributed by atoms with E-state index in [-0.39, 0.29) is 17.4 Å². The SMILES string of the molecule is CC.CCn1c2c(c(=O)n(CC)c1=O)N(C)C(/C=C/c1ccc(OC)c(OC)c1)N2. The van der Waals surface area contributed by atoms with Crippen molar-refractivity contribution in [2.24, 2.45) is 0 Å². The molecule has 30 heavy (non-hydrogen) atoms. The Morgan fingerprint density at radius 2 is 1.67 bits per heavy atom. The summed E-state index contributed by atoms with van der Waals surface area (Å²) in [7, 11) is 5.03. The Balaban J connectivity index is 0.00000155. The van der Waals surface area contributed by atoms with Crippen LogP contribution in [0.3, 0.4) is 0 Å². The highest BCUT2D eigenvalue weighted by Crippen LogP contribution is 2.31. The zero-order valence-electron chi connectivity index (χ0n) is 18.9. The van der Waals surface area contributed by atoms with Crippen molar-refractivity contribution < 1.29 is 9.47 Å². The van der Waals surface area contributed by atoms with Crippen LogP contribution < -0.4 is 30.9 Å². The highest BCUT2D eigenvalue weighted by Gasteiger charge is 2.31. The number of anilines is 2. The molecule has 164 valence electrons. The highest BCUT2D eigenvalue weighted by atomic mass is 16.5. The van der Waals surface area contributed by atoms with Gasteiger partial charge in [0, 0.05) is 20.1 Å². The number of nitrogens with zero attached hydrogens (tertiary/aromatic N) is 3. The Morgan fingerprint density at radius 3 is 2.23 bits per heavy atom. The Morgan fingerprint density at radius 1 is 1.03 bits per heavy atom. The van der Waals surface area contributed by atoms with Crippen LogP contribution in [0.1, 0.15) is 33.3 Å². The summed E-state index contributed by atoms with van der Waals surface area (Å²) < 4.78 is 13.5. The molecule has 8 heteroatoms. The summed E-state index contributed by atoms with van der Waals surface area (Å²) >= 11 is 0. The number of aromatic nitrogens is 2. The topological polar surface area (TPSA) is 77.7 Å². The van der Waals surface area contributed by atoms with E-state index in [4.69, 9.17) is 9.47 Å². The van der Waals surface area contributed by atoms with Crippen molar-refractivity contribution >= 4 is 17.6 Å². The summed E-state index contributed by atoms with van der Waals surface area (Å²) in [6.07, 6.45) is 3.64. The molecular weight excluding hydrogens is 384 g/mol. The third-order valence-electron chi connectivity index (χ3n) is 4.97. The maximum Gasteiger partial charge on any atom is 0.332 e. The molecule has 0 radical (unpaired) electrons. The number of methoxy groups -OCH3 is 2. The third kappa shape index (κ3) is 4.08. The molecule has 3 rings (SSSR count). The van der Waals surface area contributed by atoms with E-state index in [0.29, 0.717) is 36.1 Å². The van der Waals surface area contributed by atoms with Gasteiger partial charge >= 0.3 is 5.69 Å². The van der Waals surface area contributed by atoms with Crippen molar-refractivity contribution in [1.29, 1.82) is 0 Å². The number of ether oxygens (including phenoxy) is 2. The molecule has 1 N–H and O–H groups in total. The average molecular weight is 417 g/mol. The molecule has 1 aliphatic rings. The molecule has 1 aliphatic heterocycles. The molecule has 1 atom stereocenters. The molecule has 0 fully saturated rings. The van der Waals surface area contributed by atoms with E-state index in [9.17, 15) is 9.59 Å². The van der Waals surface area contributed by atoms with Gasteiger partial charge in [-0.05, 0) is 37.6 Å². The average Bonchev–Trinajstić information content (AvgIpc) is 3.10. The summed E-state index contributed by atoms with van der Waals surface area (Å²) in [5.41, 5.74) is 0.872. The molecule has 8 nitrogen and oxygen atoms in total. The minimum Gasteiger partial charge on any atom is -0.493 e. The molecule has 2 heterocycles. The molecule has 1 aromatic heterocycles. The number of nitrogens with one attached hydrogen (secondary N) is 1. The first-order valence-electron chi connectivity index (χ1n) is 10.2. The second-order valence-corrected chi connectivity index (χ2v) is 6.45. The van der Waals surface area contributed by atoms with Gasteiger partial charge in [-0.15, -0.1) is 0 Å². The first-order valence-corrected chi connectivity index (χ1v) is 10.2. The Labute approximate surface area is 177 Å². The fraction of sp³-hybridized carbons (Fsp3) is 0.455. The molecule has 2 aromatic rings. The van der Waals surface area contributed by atoms with Gasteiger partial charge in [0.2, 0.25) is 0 Å². The van der Waals surface area contributed by atoms with E-state index in [2.05, 4.69) is 5.32 Å². The van der Waals surface area contributed by atoms with Crippen LogP contribution in [0.5, 0.6) is 11.5 Å². The summed E-state index contributed by atoms with van der Waals surface area (Å²) in [4.78, 5) is 27.2. The molecule has 1 aromatic carbocycles. The lowest BCUT2D eigenvalue weighted by atomic mass is 10.2. The summed E-state index contributed by atoms with van der Waals surface area (Å²) in [6, 6.07) is 5.64. The van der Waals surface area contributed by atoms with E-state index < -0.39 is 0 Å². The summed E-state index contributed by atoms with van der Waals surface area (Å²) in [5, 5.41) is 3.29. The molecule has 0 amide bonds. The van der Waals surface area contributed by atoms with E-state index >= 15 is 0 Å². The normalized spacial score (nSPS) is 14.8. The molecule has 0 aliphatic carbocycles. The van der Waals surface area contributed by atoms with Crippen molar-refractivity contribution in [2.45, 2.75) is 47.0 Å². The van der Waals surface area contributed by atoms with Crippen molar-refractivity contribution in [1.82, 2.24) is 9.13 Å². The highest BCUT2D eigenvalue weighted by molar-refractivity contribution is 5.73. The fourth-order valence-corrected chi connectivity index (χ4v) is 3.43. The van der Waals surface area contributed by atoms with Gasteiger partial charge in [0.25, 0.3) is 5.56 Å². The lowest BCUT2D eigenvalue weighted by Crippen LogP contribution is -2.41. The van der Waals surface area contributed by atoms with Crippen LogP contribution in [0.15, 0.2) is 33.9 Å². The summed E-state index contributed by atoms with van der Waals surface area (Å²) in [5.74, 6) is 1.87. The maximum absolute atomic E-state index is 12.8. The van der Waals surface area contributed by atoms with Crippen LogP contribution >= 0.6 is 0 Å². The Bertz CT molecular complexity index is 1020. The molecule has 0 spiro atoms. The van der Waals surface area contributed by atoms with Crippen LogP contribution in [0.2, 0.25) is 0 Å². The first kappa shape index (κ1) is 23.1. The van der Waals surface area contributed by atoms with Gasteiger partial charge in [-0.2, -0.15) is 0 Å². The monoisotopic (exact) mass is 416 g/mol.